The van der Waals surface area contributed by atoms with Crippen molar-refractivity contribution in [1.82, 2.24) is 9.97 Å². The Labute approximate surface area is 150 Å². The van der Waals surface area contributed by atoms with Gasteiger partial charge in [0.1, 0.15) is 10.8 Å². The third kappa shape index (κ3) is 4.58. The van der Waals surface area contributed by atoms with Crippen molar-refractivity contribution in [2.75, 3.05) is 12.4 Å². The molecule has 0 aliphatic carbocycles. The Balaban J connectivity index is 1.69. The fourth-order valence-corrected chi connectivity index (χ4v) is 3.03. The Morgan fingerprint density at radius 2 is 2.04 bits per heavy atom. The van der Waals surface area contributed by atoms with E-state index in [4.69, 9.17) is 4.74 Å². The fraction of sp³-hybridized carbons (Fsp3) is 0.105. The summed E-state index contributed by atoms with van der Waals surface area (Å²) in [6, 6.07) is 14.9. The number of anilines is 1. The maximum Gasteiger partial charge on any atom is 0.255 e. The minimum atomic E-state index is -0.171. The Bertz CT molecular complexity index is 856. The maximum atomic E-state index is 12.5. The molecule has 1 heterocycles. The summed E-state index contributed by atoms with van der Waals surface area (Å²) >= 11 is 1.58. The van der Waals surface area contributed by atoms with Gasteiger partial charge < -0.3 is 10.1 Å². The van der Waals surface area contributed by atoms with Gasteiger partial charge in [-0.1, -0.05) is 24.3 Å². The molecule has 2 aromatic carbocycles. The summed E-state index contributed by atoms with van der Waals surface area (Å²) < 4.78 is 5.26. The largest absolute Gasteiger partial charge is 0.495 e. The molecule has 0 bridgehead atoms. The Kier molecular flexibility index (Phi) is 5.64. The van der Waals surface area contributed by atoms with E-state index in [-0.39, 0.29) is 5.91 Å². The number of thioether (sulfide) groups is 1. The van der Waals surface area contributed by atoms with Crippen LogP contribution in [0.3, 0.4) is 0 Å². The lowest BCUT2D eigenvalue weighted by Gasteiger charge is -2.10. The second-order valence-electron chi connectivity index (χ2n) is 5.19. The summed E-state index contributed by atoms with van der Waals surface area (Å²) in [6.07, 6.45) is 5.04. The highest BCUT2D eigenvalue weighted by molar-refractivity contribution is 7.98. The number of para-hydroxylation sites is 2. The number of hydrogen-bond acceptors (Lipinski definition) is 5. The highest BCUT2D eigenvalue weighted by atomic mass is 32.2. The van der Waals surface area contributed by atoms with Crippen LogP contribution in [0.4, 0.5) is 5.69 Å². The lowest BCUT2D eigenvalue weighted by atomic mass is 10.1. The van der Waals surface area contributed by atoms with Crippen molar-refractivity contribution in [2.45, 2.75) is 10.8 Å². The molecule has 0 atom stereocenters. The number of nitrogens with one attached hydrogen (secondary N) is 1. The van der Waals surface area contributed by atoms with Gasteiger partial charge in [-0.2, -0.15) is 0 Å². The zero-order chi connectivity index (χ0) is 17.5. The highest BCUT2D eigenvalue weighted by Crippen LogP contribution is 2.24. The summed E-state index contributed by atoms with van der Waals surface area (Å²) in [5.74, 6) is 1.18. The first-order valence-electron chi connectivity index (χ1n) is 7.68. The number of carbonyl (C=O) groups is 1. The molecule has 3 aromatic rings. The van der Waals surface area contributed by atoms with Crippen LogP contribution < -0.4 is 10.1 Å². The number of nitrogens with zero attached hydrogens (tertiary/aromatic N) is 2. The normalized spacial score (nSPS) is 10.3. The molecular weight excluding hydrogens is 334 g/mol. The number of amides is 1. The van der Waals surface area contributed by atoms with Crippen molar-refractivity contribution < 1.29 is 9.53 Å². The standard InChI is InChI=1S/C19H17N3O2S/c1-24-17-8-3-2-7-16(17)22-19(23)15-6-4-5-14(11-15)13-25-18-12-20-9-10-21-18/h2-12H,13H2,1H3,(H,22,23). The van der Waals surface area contributed by atoms with E-state index in [1.165, 1.54) is 0 Å². The quantitative estimate of drug-likeness (QED) is 0.679. The predicted octanol–water partition coefficient (Wildman–Crippen LogP) is 4.03. The smallest absolute Gasteiger partial charge is 0.255 e. The van der Waals surface area contributed by atoms with Crippen molar-refractivity contribution in [3.05, 3.63) is 78.2 Å². The van der Waals surface area contributed by atoms with Crippen LogP contribution >= 0.6 is 11.8 Å². The SMILES string of the molecule is COc1ccccc1NC(=O)c1cccc(CSc2cnccn2)c1. The lowest BCUT2D eigenvalue weighted by Crippen LogP contribution is -2.12. The second kappa shape index (κ2) is 8.30. The Morgan fingerprint density at radius 1 is 1.16 bits per heavy atom. The van der Waals surface area contributed by atoms with Gasteiger partial charge in [-0.25, -0.2) is 4.98 Å². The molecule has 126 valence electrons. The number of methoxy groups -OCH3 is 1. The predicted molar refractivity (Wildman–Crippen MR) is 99.0 cm³/mol. The number of carbonyl (C=O) groups excluding carboxylic acids is 1. The highest BCUT2D eigenvalue weighted by Gasteiger charge is 2.10. The van der Waals surface area contributed by atoms with Crippen molar-refractivity contribution in [3.63, 3.8) is 0 Å². The van der Waals surface area contributed by atoms with Crippen LogP contribution in [-0.2, 0) is 5.75 Å². The average molecular weight is 351 g/mol. The monoisotopic (exact) mass is 351 g/mol. The number of ether oxygens (including phenoxy) is 1. The van der Waals surface area contributed by atoms with Gasteiger partial charge in [0.15, 0.2) is 0 Å². The van der Waals surface area contributed by atoms with Gasteiger partial charge in [-0.3, -0.25) is 9.78 Å². The van der Waals surface area contributed by atoms with E-state index < -0.39 is 0 Å². The van der Waals surface area contributed by atoms with Crippen molar-refractivity contribution >= 4 is 23.4 Å². The van der Waals surface area contributed by atoms with Crippen molar-refractivity contribution in [2.24, 2.45) is 0 Å². The second-order valence-corrected chi connectivity index (χ2v) is 6.18. The van der Waals surface area contributed by atoms with Gasteiger partial charge in [0.25, 0.3) is 5.91 Å². The average Bonchev–Trinajstić information content (AvgIpc) is 2.68. The molecule has 0 spiro atoms. The van der Waals surface area contributed by atoms with E-state index in [0.717, 1.165) is 10.6 Å². The van der Waals surface area contributed by atoms with E-state index >= 15 is 0 Å². The summed E-state index contributed by atoms with van der Waals surface area (Å²) in [7, 11) is 1.58. The van der Waals surface area contributed by atoms with Crippen LogP contribution in [0.25, 0.3) is 0 Å². The molecule has 5 nitrogen and oxygen atoms in total. The molecule has 0 fully saturated rings. The zero-order valence-corrected chi connectivity index (χ0v) is 14.5. The molecule has 0 unspecified atom stereocenters. The van der Waals surface area contributed by atoms with Crippen LogP contribution in [0.5, 0.6) is 5.75 Å². The molecule has 0 radical (unpaired) electrons. The first kappa shape index (κ1) is 17.0. The van der Waals surface area contributed by atoms with Crippen molar-refractivity contribution in [3.8, 4) is 5.75 Å². The molecule has 0 aliphatic heterocycles. The number of hydrogen-bond donors (Lipinski definition) is 1. The maximum absolute atomic E-state index is 12.5. The van der Waals surface area contributed by atoms with E-state index in [1.807, 2.05) is 42.5 Å². The van der Waals surface area contributed by atoms with E-state index in [9.17, 15) is 4.79 Å². The molecule has 0 aliphatic rings. The third-order valence-electron chi connectivity index (χ3n) is 3.47. The summed E-state index contributed by atoms with van der Waals surface area (Å²) in [6.45, 7) is 0. The van der Waals surface area contributed by atoms with Crippen LogP contribution in [0.2, 0.25) is 0 Å². The summed E-state index contributed by atoms with van der Waals surface area (Å²) in [4.78, 5) is 20.8. The van der Waals surface area contributed by atoms with Gasteiger partial charge >= 0.3 is 0 Å². The fourth-order valence-electron chi connectivity index (χ4n) is 2.26. The van der Waals surface area contributed by atoms with E-state index in [2.05, 4.69) is 15.3 Å². The van der Waals surface area contributed by atoms with Gasteiger partial charge in [-0.15, -0.1) is 11.8 Å². The first-order chi connectivity index (χ1) is 12.3. The van der Waals surface area contributed by atoms with Gasteiger partial charge in [-0.05, 0) is 29.8 Å². The molecular formula is C19H17N3O2S. The molecule has 1 N–H and O–H groups in total. The minimum absolute atomic E-state index is 0.171. The molecule has 1 amide bonds. The van der Waals surface area contributed by atoms with Crippen LogP contribution in [0.1, 0.15) is 15.9 Å². The molecule has 6 heteroatoms. The van der Waals surface area contributed by atoms with Crippen LogP contribution in [-0.4, -0.2) is 23.0 Å². The summed E-state index contributed by atoms with van der Waals surface area (Å²) in [5, 5.41) is 3.74. The number of rotatable bonds is 6. The lowest BCUT2D eigenvalue weighted by molar-refractivity contribution is 0.102. The molecule has 0 saturated heterocycles. The van der Waals surface area contributed by atoms with Gasteiger partial charge in [0.2, 0.25) is 0 Å². The minimum Gasteiger partial charge on any atom is -0.495 e. The molecule has 25 heavy (non-hydrogen) atoms. The summed E-state index contributed by atoms with van der Waals surface area (Å²) in [5.41, 5.74) is 2.29. The van der Waals surface area contributed by atoms with Gasteiger partial charge in [0.05, 0.1) is 19.0 Å². The molecule has 3 rings (SSSR count). The van der Waals surface area contributed by atoms with Crippen molar-refractivity contribution in [1.29, 1.82) is 0 Å². The topological polar surface area (TPSA) is 64.1 Å². The van der Waals surface area contributed by atoms with E-state index in [0.29, 0.717) is 22.8 Å². The zero-order valence-electron chi connectivity index (χ0n) is 13.7. The first-order valence-corrected chi connectivity index (χ1v) is 8.67. The van der Waals surface area contributed by atoms with E-state index in [1.54, 1.807) is 43.5 Å². The number of aromatic nitrogens is 2. The Hall–Kier alpha value is -2.86. The van der Waals surface area contributed by atoms with Gasteiger partial charge in [0, 0.05) is 23.7 Å². The molecule has 1 aromatic heterocycles. The number of benzene rings is 2. The van der Waals surface area contributed by atoms with Crippen LogP contribution in [0.15, 0.2) is 72.1 Å². The molecule has 0 saturated carbocycles. The van der Waals surface area contributed by atoms with Crippen LogP contribution in [0, 0.1) is 0 Å². The Morgan fingerprint density at radius 3 is 2.84 bits per heavy atom. The third-order valence-corrected chi connectivity index (χ3v) is 4.45.